The SMILES string of the molecule is C=CCN(C)c1nc(N)cc(Br)n1. The number of nitrogens with zero attached hydrogens (tertiary/aromatic N) is 3. The van der Waals surface area contributed by atoms with Crippen molar-refractivity contribution < 1.29 is 0 Å². The molecule has 2 N–H and O–H groups in total. The molecule has 0 fully saturated rings. The molecule has 0 atom stereocenters. The maximum atomic E-state index is 5.56. The van der Waals surface area contributed by atoms with E-state index in [0.29, 0.717) is 22.9 Å². The third-order valence-electron chi connectivity index (χ3n) is 1.45. The van der Waals surface area contributed by atoms with Gasteiger partial charge in [0.1, 0.15) is 10.4 Å². The second-order valence-electron chi connectivity index (χ2n) is 2.58. The Morgan fingerprint density at radius 1 is 1.69 bits per heavy atom. The predicted octanol–water partition coefficient (Wildman–Crippen LogP) is 1.44. The number of nitrogens with two attached hydrogens (primary N) is 1. The molecule has 0 aliphatic rings. The number of halogens is 1. The van der Waals surface area contributed by atoms with E-state index in [4.69, 9.17) is 5.73 Å². The van der Waals surface area contributed by atoms with Crippen LogP contribution in [0.3, 0.4) is 0 Å². The molecule has 0 radical (unpaired) electrons. The van der Waals surface area contributed by atoms with E-state index in [9.17, 15) is 0 Å². The molecular weight excluding hydrogens is 232 g/mol. The quantitative estimate of drug-likeness (QED) is 0.644. The first-order valence-electron chi connectivity index (χ1n) is 3.75. The summed E-state index contributed by atoms with van der Waals surface area (Å²) < 4.78 is 0.686. The van der Waals surface area contributed by atoms with E-state index in [-0.39, 0.29) is 0 Å². The topological polar surface area (TPSA) is 55.0 Å². The van der Waals surface area contributed by atoms with Crippen LogP contribution in [-0.4, -0.2) is 23.6 Å². The fourth-order valence-electron chi connectivity index (χ4n) is 0.869. The molecule has 1 aromatic heterocycles. The number of anilines is 2. The van der Waals surface area contributed by atoms with Gasteiger partial charge in [-0.1, -0.05) is 6.08 Å². The van der Waals surface area contributed by atoms with E-state index < -0.39 is 0 Å². The van der Waals surface area contributed by atoms with Gasteiger partial charge < -0.3 is 10.6 Å². The minimum Gasteiger partial charge on any atom is -0.383 e. The third-order valence-corrected chi connectivity index (χ3v) is 1.85. The Kier molecular flexibility index (Phi) is 3.25. The fourth-order valence-corrected chi connectivity index (χ4v) is 1.26. The average Bonchev–Trinajstić information content (AvgIpc) is 2.03. The van der Waals surface area contributed by atoms with Gasteiger partial charge in [0.05, 0.1) is 0 Å². The molecule has 0 bridgehead atoms. The van der Waals surface area contributed by atoms with Gasteiger partial charge in [0.25, 0.3) is 0 Å². The molecule has 13 heavy (non-hydrogen) atoms. The smallest absolute Gasteiger partial charge is 0.228 e. The highest BCUT2D eigenvalue weighted by molar-refractivity contribution is 9.10. The standard InChI is InChI=1S/C8H11BrN4/c1-3-4-13(2)8-11-6(9)5-7(10)12-8/h3,5H,1,4H2,2H3,(H2,10,11,12). The zero-order chi connectivity index (χ0) is 9.84. The Labute approximate surface area is 85.6 Å². The van der Waals surface area contributed by atoms with Crippen LogP contribution in [0.25, 0.3) is 0 Å². The normalized spacial score (nSPS) is 9.69. The molecular formula is C8H11BrN4. The molecule has 0 unspecified atom stereocenters. The van der Waals surface area contributed by atoms with E-state index >= 15 is 0 Å². The predicted molar refractivity (Wildman–Crippen MR) is 57.6 cm³/mol. The maximum absolute atomic E-state index is 5.56. The minimum atomic E-state index is 0.452. The van der Waals surface area contributed by atoms with Gasteiger partial charge >= 0.3 is 0 Å². The molecule has 0 saturated carbocycles. The molecule has 5 heteroatoms. The lowest BCUT2D eigenvalue weighted by Crippen LogP contribution is -2.19. The van der Waals surface area contributed by atoms with Crippen LogP contribution in [0, 0.1) is 0 Å². The van der Waals surface area contributed by atoms with E-state index in [2.05, 4.69) is 32.5 Å². The van der Waals surface area contributed by atoms with Crippen molar-refractivity contribution in [2.45, 2.75) is 0 Å². The van der Waals surface area contributed by atoms with Gasteiger partial charge in [0.15, 0.2) is 0 Å². The summed E-state index contributed by atoms with van der Waals surface area (Å²) in [7, 11) is 1.88. The summed E-state index contributed by atoms with van der Waals surface area (Å²) in [6.45, 7) is 4.32. The van der Waals surface area contributed by atoms with Crippen LogP contribution in [0.1, 0.15) is 0 Å². The van der Waals surface area contributed by atoms with Gasteiger partial charge in [-0.2, -0.15) is 4.98 Å². The van der Waals surface area contributed by atoms with Gasteiger partial charge in [0, 0.05) is 19.7 Å². The second kappa shape index (κ2) is 4.23. The van der Waals surface area contributed by atoms with E-state index in [1.165, 1.54) is 0 Å². The van der Waals surface area contributed by atoms with Crippen molar-refractivity contribution in [3.05, 3.63) is 23.3 Å². The Bertz CT molecular complexity index is 293. The van der Waals surface area contributed by atoms with Crippen LogP contribution in [0.15, 0.2) is 23.3 Å². The summed E-state index contributed by atoms with van der Waals surface area (Å²) >= 11 is 3.25. The highest BCUT2D eigenvalue weighted by Gasteiger charge is 2.04. The van der Waals surface area contributed by atoms with Gasteiger partial charge in [-0.3, -0.25) is 0 Å². The number of aromatic nitrogens is 2. The van der Waals surface area contributed by atoms with Gasteiger partial charge in [-0.15, -0.1) is 6.58 Å². The largest absolute Gasteiger partial charge is 0.383 e. The summed E-state index contributed by atoms with van der Waals surface area (Å²) in [6, 6.07) is 1.66. The Hall–Kier alpha value is -1.10. The maximum Gasteiger partial charge on any atom is 0.228 e. The molecule has 1 heterocycles. The molecule has 70 valence electrons. The van der Waals surface area contributed by atoms with Crippen LogP contribution >= 0.6 is 15.9 Å². The zero-order valence-corrected chi connectivity index (χ0v) is 8.95. The first kappa shape index (κ1) is 9.98. The first-order chi connectivity index (χ1) is 6.13. The number of rotatable bonds is 3. The van der Waals surface area contributed by atoms with Crippen LogP contribution in [0.2, 0.25) is 0 Å². The number of likely N-dealkylation sites (N-methyl/N-ethyl adjacent to an activating group) is 1. The van der Waals surface area contributed by atoms with Crippen molar-refractivity contribution in [3.8, 4) is 0 Å². The number of hydrogen-bond donors (Lipinski definition) is 1. The van der Waals surface area contributed by atoms with Crippen molar-refractivity contribution in [1.29, 1.82) is 0 Å². The van der Waals surface area contributed by atoms with Crippen molar-refractivity contribution >= 4 is 27.7 Å². The molecule has 0 aromatic carbocycles. The van der Waals surface area contributed by atoms with Gasteiger partial charge in [-0.05, 0) is 15.9 Å². The Morgan fingerprint density at radius 2 is 2.38 bits per heavy atom. The lowest BCUT2D eigenvalue weighted by Gasteiger charge is -2.14. The summed E-state index contributed by atoms with van der Waals surface area (Å²) in [6.07, 6.45) is 1.78. The molecule has 0 saturated heterocycles. The molecule has 0 amide bonds. The van der Waals surface area contributed by atoms with Crippen molar-refractivity contribution in [3.63, 3.8) is 0 Å². The summed E-state index contributed by atoms with van der Waals surface area (Å²) in [4.78, 5) is 10.1. The van der Waals surface area contributed by atoms with E-state index in [1.54, 1.807) is 12.1 Å². The van der Waals surface area contributed by atoms with Crippen LogP contribution in [-0.2, 0) is 0 Å². The summed E-state index contributed by atoms with van der Waals surface area (Å²) in [5.74, 6) is 1.04. The second-order valence-corrected chi connectivity index (χ2v) is 3.40. The molecule has 0 aliphatic carbocycles. The summed E-state index contributed by atoms with van der Waals surface area (Å²) in [5, 5.41) is 0. The molecule has 1 aromatic rings. The monoisotopic (exact) mass is 242 g/mol. The number of hydrogen-bond acceptors (Lipinski definition) is 4. The lowest BCUT2D eigenvalue weighted by molar-refractivity contribution is 0.939. The average molecular weight is 243 g/mol. The lowest BCUT2D eigenvalue weighted by atomic mass is 10.5. The van der Waals surface area contributed by atoms with Crippen molar-refractivity contribution in [2.24, 2.45) is 0 Å². The van der Waals surface area contributed by atoms with Crippen molar-refractivity contribution in [1.82, 2.24) is 9.97 Å². The van der Waals surface area contributed by atoms with Gasteiger partial charge in [0.2, 0.25) is 5.95 Å². The molecule has 0 spiro atoms. The first-order valence-corrected chi connectivity index (χ1v) is 4.55. The fraction of sp³-hybridized carbons (Fsp3) is 0.250. The Balaban J connectivity index is 2.93. The minimum absolute atomic E-state index is 0.452. The van der Waals surface area contributed by atoms with Crippen LogP contribution < -0.4 is 10.6 Å². The molecule has 4 nitrogen and oxygen atoms in total. The zero-order valence-electron chi connectivity index (χ0n) is 7.37. The Morgan fingerprint density at radius 3 is 2.92 bits per heavy atom. The highest BCUT2D eigenvalue weighted by Crippen LogP contribution is 2.14. The third kappa shape index (κ3) is 2.69. The van der Waals surface area contributed by atoms with Crippen molar-refractivity contribution in [2.75, 3.05) is 24.2 Å². The van der Waals surface area contributed by atoms with Crippen LogP contribution in [0.5, 0.6) is 0 Å². The van der Waals surface area contributed by atoms with E-state index in [1.807, 2.05) is 11.9 Å². The molecule has 0 aliphatic heterocycles. The summed E-state index contributed by atoms with van der Waals surface area (Å²) in [5.41, 5.74) is 5.56. The number of nitrogen functional groups attached to an aromatic ring is 1. The highest BCUT2D eigenvalue weighted by atomic mass is 79.9. The van der Waals surface area contributed by atoms with Gasteiger partial charge in [-0.25, -0.2) is 4.98 Å². The van der Waals surface area contributed by atoms with Crippen LogP contribution in [0.4, 0.5) is 11.8 Å². The van der Waals surface area contributed by atoms with E-state index in [0.717, 1.165) is 0 Å². The molecule has 1 rings (SSSR count).